The first-order valence-corrected chi connectivity index (χ1v) is 8.45. The lowest BCUT2D eigenvalue weighted by molar-refractivity contribution is -0.0424. The molecular weight excluding hydrogens is 349 g/mol. The van der Waals surface area contributed by atoms with Gasteiger partial charge in [-0.2, -0.15) is 4.98 Å². The second-order valence-corrected chi connectivity index (χ2v) is 6.61. The molecule has 1 aliphatic heterocycles. The number of nitrogens with zero attached hydrogens (tertiary/aromatic N) is 4. The van der Waals surface area contributed by atoms with Gasteiger partial charge in [-0.25, -0.2) is 14.5 Å². The molecule has 0 amide bonds. The molecule has 3 atom stereocenters. The summed E-state index contributed by atoms with van der Waals surface area (Å²) in [5.74, 6) is 0.0178. The maximum absolute atomic E-state index is 10.7. The Labute approximate surface area is 135 Å². The number of thiol groups is 1. The van der Waals surface area contributed by atoms with E-state index in [0.29, 0.717) is 16.2 Å². The summed E-state index contributed by atoms with van der Waals surface area (Å²) in [5.41, 5.74) is 6.40. The molecule has 3 unspecified atom stereocenters. The van der Waals surface area contributed by atoms with Crippen LogP contribution in [0.25, 0.3) is 11.2 Å². The van der Waals surface area contributed by atoms with Crippen LogP contribution in [0.1, 0.15) is 12.6 Å². The van der Waals surface area contributed by atoms with Gasteiger partial charge in [-0.05, 0) is 0 Å². The molecule has 13 heteroatoms. The third-order valence-corrected chi connectivity index (χ3v) is 4.14. The average molecular weight is 363 g/mol. The third kappa shape index (κ3) is 3.48. The number of hydrogen-bond acceptors (Lipinski definition) is 9. The Balaban J connectivity index is 1.82. The van der Waals surface area contributed by atoms with Gasteiger partial charge in [-0.1, -0.05) is 0 Å². The van der Waals surface area contributed by atoms with Crippen molar-refractivity contribution in [1.29, 1.82) is 0 Å². The molecule has 2 aromatic heterocycles. The van der Waals surface area contributed by atoms with Crippen molar-refractivity contribution in [3.8, 4) is 0 Å². The first kappa shape index (κ1) is 16.6. The van der Waals surface area contributed by atoms with Crippen LogP contribution in [-0.4, -0.2) is 53.2 Å². The summed E-state index contributed by atoms with van der Waals surface area (Å²) in [4.78, 5) is 29.5. The second-order valence-electron chi connectivity index (χ2n) is 4.95. The largest absolute Gasteiger partial charge is 0.469 e. The predicted molar refractivity (Wildman–Crippen MR) is 79.5 cm³/mol. The fourth-order valence-corrected chi connectivity index (χ4v) is 2.94. The van der Waals surface area contributed by atoms with E-state index in [1.807, 2.05) is 0 Å². The smallest absolute Gasteiger partial charge is 0.390 e. The highest BCUT2D eigenvalue weighted by Crippen LogP contribution is 2.38. The van der Waals surface area contributed by atoms with Crippen molar-refractivity contribution in [3.63, 3.8) is 0 Å². The molecule has 0 saturated carbocycles. The van der Waals surface area contributed by atoms with E-state index in [-0.39, 0.29) is 12.4 Å². The predicted octanol–water partition coefficient (Wildman–Crippen LogP) is -0.545. The number of anilines is 1. The molecule has 23 heavy (non-hydrogen) atoms. The SMILES string of the molecule is Nc1nc(S)c2ncn(C3CC(O)C(COP(=O)(O)O)O3)c2n1. The van der Waals surface area contributed by atoms with Gasteiger partial charge in [0.05, 0.1) is 19.0 Å². The van der Waals surface area contributed by atoms with Gasteiger partial charge >= 0.3 is 7.82 Å². The molecule has 126 valence electrons. The minimum absolute atomic E-state index is 0.0178. The third-order valence-electron chi connectivity index (χ3n) is 3.34. The van der Waals surface area contributed by atoms with Crippen LogP contribution in [0.5, 0.6) is 0 Å². The van der Waals surface area contributed by atoms with Crippen LogP contribution in [0.2, 0.25) is 0 Å². The minimum atomic E-state index is -4.63. The lowest BCUT2D eigenvalue weighted by Gasteiger charge is -2.16. The number of ether oxygens (including phenoxy) is 1. The summed E-state index contributed by atoms with van der Waals surface area (Å²) < 4.78 is 22.2. The van der Waals surface area contributed by atoms with Crippen molar-refractivity contribution < 1.29 is 28.7 Å². The van der Waals surface area contributed by atoms with E-state index in [1.165, 1.54) is 6.33 Å². The Bertz CT molecular complexity index is 780. The summed E-state index contributed by atoms with van der Waals surface area (Å²) in [6.07, 6.45) is -0.866. The number of imidazole rings is 1. The fourth-order valence-electron chi connectivity index (χ4n) is 2.34. The number of hydrogen-bond donors (Lipinski definition) is 5. The van der Waals surface area contributed by atoms with Gasteiger partial charge in [0.2, 0.25) is 5.95 Å². The topological polar surface area (TPSA) is 166 Å². The van der Waals surface area contributed by atoms with E-state index in [1.54, 1.807) is 4.57 Å². The highest BCUT2D eigenvalue weighted by Gasteiger charge is 2.37. The van der Waals surface area contributed by atoms with Crippen LogP contribution in [0, 0.1) is 0 Å². The molecule has 1 fully saturated rings. The van der Waals surface area contributed by atoms with Gasteiger partial charge < -0.3 is 25.4 Å². The maximum atomic E-state index is 10.7. The first-order valence-electron chi connectivity index (χ1n) is 6.47. The number of aliphatic hydroxyl groups excluding tert-OH is 1. The average Bonchev–Trinajstić information content (AvgIpc) is 2.99. The summed E-state index contributed by atoms with van der Waals surface area (Å²) in [5, 5.41) is 10.3. The summed E-state index contributed by atoms with van der Waals surface area (Å²) >= 11 is 4.17. The van der Waals surface area contributed by atoms with Crippen molar-refractivity contribution in [2.24, 2.45) is 0 Å². The number of nitrogens with two attached hydrogens (primary N) is 1. The summed E-state index contributed by atoms with van der Waals surface area (Å²) in [6.45, 7) is -0.441. The van der Waals surface area contributed by atoms with Crippen molar-refractivity contribution in [2.75, 3.05) is 12.3 Å². The molecule has 0 radical (unpaired) electrons. The Morgan fingerprint density at radius 2 is 2.26 bits per heavy atom. The molecular formula is C10H14N5O6PS. The Morgan fingerprint density at radius 1 is 1.52 bits per heavy atom. The van der Waals surface area contributed by atoms with Gasteiger partial charge in [-0.3, -0.25) is 9.09 Å². The Hall–Kier alpha value is -1.27. The number of aliphatic hydroxyl groups is 1. The fraction of sp³-hybridized carbons (Fsp3) is 0.500. The lowest BCUT2D eigenvalue weighted by Crippen LogP contribution is -2.25. The zero-order chi connectivity index (χ0) is 16.8. The van der Waals surface area contributed by atoms with Crippen molar-refractivity contribution in [1.82, 2.24) is 19.5 Å². The molecule has 3 rings (SSSR count). The van der Waals surface area contributed by atoms with E-state index in [9.17, 15) is 9.67 Å². The number of aromatic nitrogens is 4. The van der Waals surface area contributed by atoms with E-state index < -0.39 is 32.9 Å². The molecule has 2 aromatic rings. The number of fused-ring (bicyclic) bond motifs is 1. The van der Waals surface area contributed by atoms with Crippen LogP contribution in [-0.2, 0) is 13.8 Å². The first-order chi connectivity index (χ1) is 10.7. The zero-order valence-electron chi connectivity index (χ0n) is 11.6. The number of rotatable bonds is 4. The molecule has 0 bridgehead atoms. The van der Waals surface area contributed by atoms with E-state index in [2.05, 4.69) is 32.1 Å². The highest BCUT2D eigenvalue weighted by molar-refractivity contribution is 7.80. The molecule has 1 saturated heterocycles. The minimum Gasteiger partial charge on any atom is -0.390 e. The van der Waals surface area contributed by atoms with Gasteiger partial charge in [-0.15, -0.1) is 12.6 Å². The van der Waals surface area contributed by atoms with Crippen molar-refractivity contribution in [3.05, 3.63) is 6.33 Å². The molecule has 3 heterocycles. The van der Waals surface area contributed by atoms with Crippen LogP contribution in [0.15, 0.2) is 11.4 Å². The maximum Gasteiger partial charge on any atom is 0.469 e. The van der Waals surface area contributed by atoms with Gasteiger partial charge in [0.15, 0.2) is 5.65 Å². The van der Waals surface area contributed by atoms with E-state index >= 15 is 0 Å². The molecule has 0 aromatic carbocycles. The van der Waals surface area contributed by atoms with Crippen LogP contribution in [0.3, 0.4) is 0 Å². The summed E-state index contributed by atoms with van der Waals surface area (Å²) in [7, 11) is -4.63. The Kier molecular flexibility index (Phi) is 4.31. The van der Waals surface area contributed by atoms with Gasteiger partial charge in [0.25, 0.3) is 0 Å². The molecule has 11 nitrogen and oxygen atoms in total. The quantitative estimate of drug-likeness (QED) is 0.270. The van der Waals surface area contributed by atoms with Gasteiger partial charge in [0, 0.05) is 6.42 Å². The molecule has 0 aliphatic carbocycles. The molecule has 5 N–H and O–H groups in total. The molecule has 0 spiro atoms. The molecule has 1 aliphatic rings. The van der Waals surface area contributed by atoms with E-state index in [4.69, 9.17) is 20.3 Å². The number of nitrogen functional groups attached to an aromatic ring is 1. The highest BCUT2D eigenvalue weighted by atomic mass is 32.1. The van der Waals surface area contributed by atoms with Crippen LogP contribution in [0.4, 0.5) is 5.95 Å². The van der Waals surface area contributed by atoms with Crippen LogP contribution < -0.4 is 5.73 Å². The van der Waals surface area contributed by atoms with Crippen molar-refractivity contribution in [2.45, 2.75) is 29.9 Å². The van der Waals surface area contributed by atoms with Crippen LogP contribution >= 0.6 is 20.5 Å². The second kappa shape index (κ2) is 5.98. The standard InChI is InChI=1S/C10H14N5O6PS/c11-10-13-8-7(9(23)14-10)12-3-15(8)6-1-4(16)5(21-6)2-20-22(17,18)19/h3-6,16H,1-2H2,(H2,17,18,19)(H3,11,13,14,23). The number of phosphoric ester groups is 1. The monoisotopic (exact) mass is 363 g/mol. The van der Waals surface area contributed by atoms with Gasteiger partial charge in [0.1, 0.15) is 22.9 Å². The Morgan fingerprint density at radius 3 is 2.96 bits per heavy atom. The lowest BCUT2D eigenvalue weighted by atomic mass is 10.2. The zero-order valence-corrected chi connectivity index (χ0v) is 13.3. The van der Waals surface area contributed by atoms with Crippen molar-refractivity contribution >= 4 is 37.6 Å². The summed E-state index contributed by atoms with van der Waals surface area (Å²) in [6, 6.07) is 0. The number of phosphoric acid groups is 1. The van der Waals surface area contributed by atoms with E-state index in [0.717, 1.165) is 0 Å². The normalized spacial score (nSPS) is 25.3.